The fourth-order valence-electron chi connectivity index (χ4n) is 3.83. The Bertz CT molecular complexity index is 841. The minimum absolute atomic E-state index is 0.0936. The van der Waals surface area contributed by atoms with E-state index < -0.39 is 10.0 Å². The van der Waals surface area contributed by atoms with Crippen LogP contribution in [0.4, 0.5) is 0 Å². The van der Waals surface area contributed by atoms with Gasteiger partial charge in [-0.05, 0) is 37.7 Å². The lowest BCUT2D eigenvalue weighted by molar-refractivity contribution is 0.449. The number of imidazole rings is 1. The van der Waals surface area contributed by atoms with E-state index in [9.17, 15) is 8.42 Å². The van der Waals surface area contributed by atoms with Crippen molar-refractivity contribution in [1.82, 2.24) is 13.9 Å². The van der Waals surface area contributed by atoms with Gasteiger partial charge in [-0.2, -0.15) is 0 Å². The maximum Gasteiger partial charge on any atom is 0.218 e. The van der Waals surface area contributed by atoms with E-state index >= 15 is 0 Å². The van der Waals surface area contributed by atoms with Crippen LogP contribution in [0.15, 0.2) is 36.5 Å². The minimum Gasteiger partial charge on any atom is -0.329 e. The van der Waals surface area contributed by atoms with E-state index in [1.165, 1.54) is 18.5 Å². The van der Waals surface area contributed by atoms with Crippen molar-refractivity contribution in [3.05, 3.63) is 53.6 Å². The summed E-state index contributed by atoms with van der Waals surface area (Å²) < 4.78 is 29.4. The van der Waals surface area contributed by atoms with Gasteiger partial charge in [-0.15, -0.1) is 0 Å². The van der Waals surface area contributed by atoms with Crippen LogP contribution in [-0.2, 0) is 22.2 Å². The van der Waals surface area contributed by atoms with Crippen LogP contribution in [0.2, 0.25) is 0 Å². The summed E-state index contributed by atoms with van der Waals surface area (Å²) in [6.45, 7) is 3.36. The zero-order valence-electron chi connectivity index (χ0n) is 14.6. The van der Waals surface area contributed by atoms with E-state index in [-0.39, 0.29) is 5.75 Å². The molecule has 4 rings (SSSR count). The van der Waals surface area contributed by atoms with Gasteiger partial charge in [0.25, 0.3) is 0 Å². The Labute approximate surface area is 149 Å². The average Bonchev–Trinajstić information content (AvgIpc) is 3.18. The van der Waals surface area contributed by atoms with Crippen molar-refractivity contribution in [2.75, 3.05) is 13.1 Å². The molecule has 0 bridgehead atoms. The molecule has 2 aromatic rings. The Balaban J connectivity index is 1.41. The molecule has 5 nitrogen and oxygen atoms in total. The first-order chi connectivity index (χ1) is 12.0. The Morgan fingerprint density at radius 1 is 1.16 bits per heavy atom. The third kappa shape index (κ3) is 3.65. The smallest absolute Gasteiger partial charge is 0.218 e. The standard InChI is InChI=1S/C19H25N3O2S/c1-15-12-20-19(22(15)18-7-8-18)11-17-9-10-21(13-17)25(23,24)14-16-5-3-2-4-6-16/h2-6,12,17-18H,7-11,13-14H2,1H3. The summed E-state index contributed by atoms with van der Waals surface area (Å²) in [5, 5.41) is 0. The lowest BCUT2D eigenvalue weighted by Gasteiger charge is -2.17. The SMILES string of the molecule is Cc1cnc(CC2CCN(S(=O)(=O)Cc3ccccc3)C2)n1C1CC1. The normalized spacial score (nSPS) is 21.7. The van der Waals surface area contributed by atoms with Crippen molar-refractivity contribution in [2.24, 2.45) is 5.92 Å². The van der Waals surface area contributed by atoms with E-state index in [0.717, 1.165) is 24.2 Å². The van der Waals surface area contributed by atoms with Gasteiger partial charge in [0.05, 0.1) is 5.75 Å². The molecule has 1 aliphatic carbocycles. The number of nitrogens with zero attached hydrogens (tertiary/aromatic N) is 3. The van der Waals surface area contributed by atoms with Crippen molar-refractivity contribution in [1.29, 1.82) is 0 Å². The summed E-state index contributed by atoms with van der Waals surface area (Å²) in [6.07, 6.45) is 6.23. The zero-order chi connectivity index (χ0) is 17.4. The van der Waals surface area contributed by atoms with E-state index in [4.69, 9.17) is 0 Å². The third-order valence-electron chi connectivity index (χ3n) is 5.28. The molecule has 2 fully saturated rings. The molecule has 1 unspecified atom stereocenters. The Kier molecular flexibility index (Phi) is 4.41. The highest BCUT2D eigenvalue weighted by molar-refractivity contribution is 7.88. The van der Waals surface area contributed by atoms with E-state index in [1.54, 1.807) is 4.31 Å². The van der Waals surface area contributed by atoms with Crippen LogP contribution in [-0.4, -0.2) is 35.4 Å². The molecule has 1 atom stereocenters. The molecule has 1 aromatic carbocycles. The average molecular weight is 359 g/mol. The molecule has 0 spiro atoms. The van der Waals surface area contributed by atoms with Gasteiger partial charge in [0.15, 0.2) is 0 Å². The Morgan fingerprint density at radius 3 is 2.64 bits per heavy atom. The third-order valence-corrected chi connectivity index (χ3v) is 7.09. The largest absolute Gasteiger partial charge is 0.329 e. The van der Waals surface area contributed by atoms with Gasteiger partial charge in [0.2, 0.25) is 10.0 Å². The first-order valence-corrected chi connectivity index (χ1v) is 10.7. The van der Waals surface area contributed by atoms with Crippen LogP contribution in [0, 0.1) is 12.8 Å². The molecular weight excluding hydrogens is 334 g/mol. The van der Waals surface area contributed by atoms with Crippen molar-refractivity contribution in [2.45, 2.75) is 44.4 Å². The number of rotatable bonds is 6. The molecule has 0 radical (unpaired) electrons. The van der Waals surface area contributed by atoms with E-state index in [2.05, 4.69) is 16.5 Å². The first kappa shape index (κ1) is 16.8. The molecule has 1 saturated carbocycles. The van der Waals surface area contributed by atoms with E-state index in [1.807, 2.05) is 36.5 Å². The summed E-state index contributed by atoms with van der Waals surface area (Å²) in [4.78, 5) is 4.59. The maximum atomic E-state index is 12.7. The zero-order valence-corrected chi connectivity index (χ0v) is 15.5. The van der Waals surface area contributed by atoms with Crippen LogP contribution in [0.5, 0.6) is 0 Å². The van der Waals surface area contributed by atoms with Crippen LogP contribution < -0.4 is 0 Å². The summed E-state index contributed by atoms with van der Waals surface area (Å²) >= 11 is 0. The second kappa shape index (κ2) is 6.57. The monoisotopic (exact) mass is 359 g/mol. The van der Waals surface area contributed by atoms with Crippen molar-refractivity contribution < 1.29 is 8.42 Å². The molecule has 1 aromatic heterocycles. The van der Waals surface area contributed by atoms with Crippen molar-refractivity contribution in [3.63, 3.8) is 0 Å². The number of hydrogen-bond acceptors (Lipinski definition) is 3. The maximum absolute atomic E-state index is 12.7. The molecule has 1 aliphatic heterocycles. The quantitative estimate of drug-likeness (QED) is 0.797. The summed E-state index contributed by atoms with van der Waals surface area (Å²) in [5.41, 5.74) is 2.08. The Morgan fingerprint density at radius 2 is 1.92 bits per heavy atom. The predicted molar refractivity (Wildman–Crippen MR) is 97.7 cm³/mol. The number of aromatic nitrogens is 2. The first-order valence-electron chi connectivity index (χ1n) is 9.07. The van der Waals surface area contributed by atoms with Crippen LogP contribution in [0.3, 0.4) is 0 Å². The summed E-state index contributed by atoms with van der Waals surface area (Å²) in [5.74, 6) is 1.59. The molecule has 2 heterocycles. The second-order valence-electron chi connectivity index (χ2n) is 7.38. The number of aryl methyl sites for hydroxylation is 1. The van der Waals surface area contributed by atoms with Gasteiger partial charge in [-0.1, -0.05) is 30.3 Å². The van der Waals surface area contributed by atoms with Gasteiger partial charge >= 0.3 is 0 Å². The lowest BCUT2D eigenvalue weighted by Crippen LogP contribution is -2.30. The van der Waals surface area contributed by atoms with E-state index in [0.29, 0.717) is 25.0 Å². The fraction of sp³-hybridized carbons (Fsp3) is 0.526. The lowest BCUT2D eigenvalue weighted by atomic mass is 10.0. The summed E-state index contributed by atoms with van der Waals surface area (Å²) in [6, 6.07) is 10.1. The van der Waals surface area contributed by atoms with Crippen LogP contribution in [0.25, 0.3) is 0 Å². The van der Waals surface area contributed by atoms with Crippen molar-refractivity contribution in [3.8, 4) is 0 Å². The van der Waals surface area contributed by atoms with Crippen LogP contribution in [0.1, 0.15) is 42.4 Å². The highest BCUT2D eigenvalue weighted by atomic mass is 32.2. The molecule has 25 heavy (non-hydrogen) atoms. The van der Waals surface area contributed by atoms with Gasteiger partial charge in [-0.3, -0.25) is 0 Å². The molecule has 6 heteroatoms. The van der Waals surface area contributed by atoms with Gasteiger partial charge in [0.1, 0.15) is 5.82 Å². The minimum atomic E-state index is -3.24. The molecule has 134 valence electrons. The molecule has 0 N–H and O–H groups in total. The van der Waals surface area contributed by atoms with Gasteiger partial charge in [-0.25, -0.2) is 17.7 Å². The number of benzene rings is 1. The summed E-state index contributed by atoms with van der Waals surface area (Å²) in [7, 11) is -3.24. The highest BCUT2D eigenvalue weighted by Gasteiger charge is 2.33. The topological polar surface area (TPSA) is 55.2 Å². The number of hydrogen-bond donors (Lipinski definition) is 0. The van der Waals surface area contributed by atoms with Gasteiger partial charge in [0, 0.05) is 37.4 Å². The molecule has 1 saturated heterocycles. The van der Waals surface area contributed by atoms with Crippen molar-refractivity contribution >= 4 is 10.0 Å². The molecular formula is C19H25N3O2S. The Hall–Kier alpha value is -1.66. The van der Waals surface area contributed by atoms with Gasteiger partial charge < -0.3 is 4.57 Å². The van der Waals surface area contributed by atoms with Crippen LogP contribution >= 0.6 is 0 Å². The molecule has 0 amide bonds. The highest BCUT2D eigenvalue weighted by Crippen LogP contribution is 2.37. The number of sulfonamides is 1. The predicted octanol–water partition coefficient (Wildman–Crippen LogP) is 2.92. The second-order valence-corrected chi connectivity index (χ2v) is 9.34. The molecule has 2 aliphatic rings. The fourth-order valence-corrected chi connectivity index (χ4v) is 5.45.